The second kappa shape index (κ2) is 4.33. The number of aryl methyl sites for hydroxylation is 1. The van der Waals surface area contributed by atoms with E-state index in [1.807, 2.05) is 33.8 Å². The van der Waals surface area contributed by atoms with Crippen molar-refractivity contribution in [1.29, 1.82) is 0 Å². The third-order valence-corrected chi connectivity index (χ3v) is 2.30. The van der Waals surface area contributed by atoms with E-state index in [1.54, 1.807) is 12.1 Å². The Morgan fingerprint density at radius 1 is 1.39 bits per heavy atom. The lowest BCUT2D eigenvalue weighted by molar-refractivity contribution is 0.0636. The van der Waals surface area contributed by atoms with Gasteiger partial charge in [0.1, 0.15) is 5.60 Å². The fourth-order valence-electron chi connectivity index (χ4n) is 1.56. The van der Waals surface area contributed by atoms with Gasteiger partial charge in [0.05, 0.1) is 5.69 Å². The molecule has 2 rings (SSSR count). The zero-order valence-electron chi connectivity index (χ0n) is 10.9. The van der Waals surface area contributed by atoms with Gasteiger partial charge in [-0.2, -0.15) is 0 Å². The minimum absolute atomic E-state index is 0.476. The van der Waals surface area contributed by atoms with E-state index in [4.69, 9.17) is 9.26 Å². The molecule has 5 nitrogen and oxygen atoms in total. The van der Waals surface area contributed by atoms with Crippen molar-refractivity contribution in [2.24, 2.45) is 0 Å². The van der Waals surface area contributed by atoms with Crippen LogP contribution in [0.1, 0.15) is 26.5 Å². The molecule has 0 saturated carbocycles. The fourth-order valence-corrected chi connectivity index (χ4v) is 1.56. The monoisotopic (exact) mass is 248 g/mol. The molecular weight excluding hydrogens is 232 g/mol. The van der Waals surface area contributed by atoms with Crippen LogP contribution in [0.15, 0.2) is 22.7 Å². The number of rotatable bonds is 1. The van der Waals surface area contributed by atoms with Gasteiger partial charge >= 0.3 is 6.09 Å². The van der Waals surface area contributed by atoms with Crippen LogP contribution in [0, 0.1) is 6.92 Å². The van der Waals surface area contributed by atoms with Crippen molar-refractivity contribution in [2.75, 3.05) is 5.32 Å². The quantitative estimate of drug-likeness (QED) is 0.839. The van der Waals surface area contributed by atoms with Crippen LogP contribution in [0.3, 0.4) is 0 Å². The van der Waals surface area contributed by atoms with E-state index in [0.29, 0.717) is 11.3 Å². The summed E-state index contributed by atoms with van der Waals surface area (Å²) >= 11 is 0. The number of fused-ring (bicyclic) bond motifs is 1. The molecule has 5 heteroatoms. The van der Waals surface area contributed by atoms with Gasteiger partial charge in [-0.25, -0.2) is 4.79 Å². The Hall–Kier alpha value is -2.04. The van der Waals surface area contributed by atoms with Gasteiger partial charge < -0.3 is 9.26 Å². The van der Waals surface area contributed by atoms with Crippen molar-refractivity contribution < 1.29 is 14.1 Å². The van der Waals surface area contributed by atoms with E-state index in [0.717, 1.165) is 11.1 Å². The predicted octanol–water partition coefficient (Wildman–Crippen LogP) is 3.48. The summed E-state index contributed by atoms with van der Waals surface area (Å²) in [5, 5.41) is 7.41. The molecule has 2 aromatic rings. The van der Waals surface area contributed by atoms with Crippen molar-refractivity contribution in [3.8, 4) is 0 Å². The van der Waals surface area contributed by atoms with E-state index in [2.05, 4.69) is 10.5 Å². The number of ether oxygens (including phenoxy) is 1. The van der Waals surface area contributed by atoms with Gasteiger partial charge in [0, 0.05) is 11.1 Å². The molecule has 1 aromatic carbocycles. The van der Waals surface area contributed by atoms with Gasteiger partial charge in [-0.05, 0) is 45.9 Å². The van der Waals surface area contributed by atoms with Gasteiger partial charge in [-0.3, -0.25) is 5.32 Å². The lowest BCUT2D eigenvalue weighted by Crippen LogP contribution is -2.27. The third-order valence-electron chi connectivity index (χ3n) is 2.30. The molecule has 0 saturated heterocycles. The standard InChI is InChI=1S/C13H16N2O3/c1-8-10-7-9(5-6-11(10)18-15-8)14-12(16)17-13(2,3)4/h5-7H,1-4H3,(H,14,16). The molecule has 96 valence electrons. The summed E-state index contributed by atoms with van der Waals surface area (Å²) in [6.07, 6.45) is -0.476. The molecule has 0 spiro atoms. The first-order valence-electron chi connectivity index (χ1n) is 5.71. The van der Waals surface area contributed by atoms with Gasteiger partial charge in [0.2, 0.25) is 0 Å². The van der Waals surface area contributed by atoms with Crippen LogP contribution in [0.25, 0.3) is 11.0 Å². The number of carbonyl (C=O) groups is 1. The maximum atomic E-state index is 11.6. The molecular formula is C13H16N2O3. The smallest absolute Gasteiger partial charge is 0.412 e. The molecule has 0 bridgehead atoms. The molecule has 0 aliphatic carbocycles. The third kappa shape index (κ3) is 2.80. The number of benzene rings is 1. The highest BCUT2D eigenvalue weighted by atomic mass is 16.6. The Kier molecular flexibility index (Phi) is 2.98. The number of amides is 1. The first-order valence-corrected chi connectivity index (χ1v) is 5.71. The zero-order chi connectivity index (χ0) is 13.3. The topological polar surface area (TPSA) is 64.4 Å². The van der Waals surface area contributed by atoms with E-state index in [1.165, 1.54) is 0 Å². The SMILES string of the molecule is Cc1noc2ccc(NC(=O)OC(C)(C)C)cc12. The number of carbonyl (C=O) groups excluding carboxylic acids is 1. The first kappa shape index (κ1) is 12.4. The second-order valence-corrected chi connectivity index (χ2v) is 5.11. The summed E-state index contributed by atoms with van der Waals surface area (Å²) in [4.78, 5) is 11.6. The van der Waals surface area contributed by atoms with Gasteiger partial charge in [-0.15, -0.1) is 0 Å². The Morgan fingerprint density at radius 3 is 2.78 bits per heavy atom. The van der Waals surface area contributed by atoms with Crippen molar-refractivity contribution >= 4 is 22.7 Å². The maximum absolute atomic E-state index is 11.6. The van der Waals surface area contributed by atoms with E-state index < -0.39 is 11.7 Å². The molecule has 0 aliphatic heterocycles. The van der Waals surface area contributed by atoms with Crippen LogP contribution < -0.4 is 5.32 Å². The van der Waals surface area contributed by atoms with Crippen LogP contribution in [0.5, 0.6) is 0 Å². The van der Waals surface area contributed by atoms with Crippen LogP contribution >= 0.6 is 0 Å². The van der Waals surface area contributed by atoms with Gasteiger partial charge in [0.15, 0.2) is 5.58 Å². The Labute approximate surface area is 105 Å². The van der Waals surface area contributed by atoms with Crippen molar-refractivity contribution in [1.82, 2.24) is 5.16 Å². The van der Waals surface area contributed by atoms with Crippen molar-refractivity contribution in [3.05, 3.63) is 23.9 Å². The summed E-state index contributed by atoms with van der Waals surface area (Å²) in [5.74, 6) is 0. The average molecular weight is 248 g/mol. The zero-order valence-corrected chi connectivity index (χ0v) is 10.9. The number of hydrogen-bond acceptors (Lipinski definition) is 4. The molecule has 1 aromatic heterocycles. The van der Waals surface area contributed by atoms with E-state index >= 15 is 0 Å². The maximum Gasteiger partial charge on any atom is 0.412 e. The summed E-state index contributed by atoms with van der Waals surface area (Å²) in [6, 6.07) is 5.32. The molecule has 0 atom stereocenters. The van der Waals surface area contributed by atoms with Gasteiger partial charge in [-0.1, -0.05) is 5.16 Å². The first-order chi connectivity index (χ1) is 8.35. The lowest BCUT2D eigenvalue weighted by Gasteiger charge is -2.19. The van der Waals surface area contributed by atoms with Crippen molar-refractivity contribution in [3.63, 3.8) is 0 Å². The Balaban J connectivity index is 2.17. The molecule has 1 N–H and O–H groups in total. The largest absolute Gasteiger partial charge is 0.444 e. The van der Waals surface area contributed by atoms with Crippen LogP contribution in [0.4, 0.5) is 10.5 Å². The molecule has 1 amide bonds. The van der Waals surface area contributed by atoms with Crippen LogP contribution in [0.2, 0.25) is 0 Å². The Bertz CT molecular complexity index is 581. The summed E-state index contributed by atoms with van der Waals surface area (Å²) in [6.45, 7) is 7.31. The normalized spacial score (nSPS) is 11.6. The highest BCUT2D eigenvalue weighted by Gasteiger charge is 2.16. The highest BCUT2D eigenvalue weighted by molar-refractivity contribution is 5.90. The minimum Gasteiger partial charge on any atom is -0.444 e. The van der Waals surface area contributed by atoms with E-state index in [-0.39, 0.29) is 0 Å². The van der Waals surface area contributed by atoms with E-state index in [9.17, 15) is 4.79 Å². The van der Waals surface area contributed by atoms with Crippen LogP contribution in [-0.4, -0.2) is 16.9 Å². The molecule has 0 fully saturated rings. The molecule has 1 heterocycles. The molecule has 18 heavy (non-hydrogen) atoms. The molecule has 0 radical (unpaired) electrons. The van der Waals surface area contributed by atoms with Crippen LogP contribution in [-0.2, 0) is 4.74 Å². The number of anilines is 1. The number of hydrogen-bond donors (Lipinski definition) is 1. The number of nitrogens with zero attached hydrogens (tertiary/aromatic N) is 1. The highest BCUT2D eigenvalue weighted by Crippen LogP contribution is 2.22. The number of aromatic nitrogens is 1. The number of nitrogens with one attached hydrogen (secondary N) is 1. The summed E-state index contributed by atoms with van der Waals surface area (Å²) in [7, 11) is 0. The molecule has 0 aliphatic rings. The fraction of sp³-hybridized carbons (Fsp3) is 0.385. The molecule has 0 unspecified atom stereocenters. The summed E-state index contributed by atoms with van der Waals surface area (Å²) < 4.78 is 10.3. The lowest BCUT2D eigenvalue weighted by atomic mass is 10.2. The predicted molar refractivity (Wildman–Crippen MR) is 68.6 cm³/mol. The summed E-state index contributed by atoms with van der Waals surface area (Å²) in [5.41, 5.74) is 1.63. The average Bonchev–Trinajstić information content (AvgIpc) is 2.57. The minimum atomic E-state index is -0.513. The Morgan fingerprint density at radius 2 is 2.11 bits per heavy atom. The second-order valence-electron chi connectivity index (χ2n) is 5.11. The van der Waals surface area contributed by atoms with Crippen molar-refractivity contribution in [2.45, 2.75) is 33.3 Å². The van der Waals surface area contributed by atoms with Gasteiger partial charge in [0.25, 0.3) is 0 Å².